The Balaban J connectivity index is 1.85. The van der Waals surface area contributed by atoms with Gasteiger partial charge in [0.25, 0.3) is 0 Å². The first-order chi connectivity index (χ1) is 13.8. The van der Waals surface area contributed by atoms with Gasteiger partial charge in [0.2, 0.25) is 11.8 Å². The third kappa shape index (κ3) is 4.44. The molecule has 0 N–H and O–H groups in total. The van der Waals surface area contributed by atoms with Gasteiger partial charge in [-0.3, -0.25) is 14.6 Å². The number of terminal acetylenes is 1. The van der Waals surface area contributed by atoms with E-state index >= 15 is 0 Å². The zero-order chi connectivity index (χ0) is 21.1. The Morgan fingerprint density at radius 1 is 1.28 bits per heavy atom. The molecule has 0 saturated carbocycles. The first kappa shape index (κ1) is 21.3. The van der Waals surface area contributed by atoms with Crippen LogP contribution in [-0.4, -0.2) is 78.2 Å². The molecule has 1 aromatic heterocycles. The minimum Gasteiger partial charge on any atom is -0.377 e. The second kappa shape index (κ2) is 8.52. The van der Waals surface area contributed by atoms with Crippen molar-refractivity contribution in [2.24, 2.45) is 5.41 Å². The highest BCUT2D eigenvalue weighted by molar-refractivity contribution is 5.85. The Morgan fingerprint density at radius 3 is 2.62 bits per heavy atom. The molecule has 29 heavy (non-hydrogen) atoms. The monoisotopic (exact) mass is 399 g/mol. The van der Waals surface area contributed by atoms with Gasteiger partial charge in [0.05, 0.1) is 32.8 Å². The maximum atomic E-state index is 13.3. The van der Waals surface area contributed by atoms with E-state index in [1.54, 1.807) is 24.9 Å². The number of ether oxygens (including phenoxy) is 2. The summed E-state index contributed by atoms with van der Waals surface area (Å²) in [5.41, 5.74) is 0.105. The number of hydrogen-bond donors (Lipinski definition) is 0. The topological polar surface area (TPSA) is 72.0 Å². The van der Waals surface area contributed by atoms with Crippen molar-refractivity contribution in [2.45, 2.75) is 32.7 Å². The number of morpholine rings is 1. The lowest BCUT2D eigenvalue weighted by Crippen LogP contribution is -2.66. The largest absolute Gasteiger partial charge is 0.377 e. The fourth-order valence-electron chi connectivity index (χ4n) is 3.88. The van der Waals surface area contributed by atoms with Crippen LogP contribution >= 0.6 is 0 Å². The van der Waals surface area contributed by atoms with Gasteiger partial charge in [0, 0.05) is 31.5 Å². The van der Waals surface area contributed by atoms with E-state index < -0.39 is 11.0 Å². The number of aromatic nitrogens is 1. The van der Waals surface area contributed by atoms with E-state index in [1.807, 2.05) is 24.0 Å². The molecular weight excluding hydrogens is 370 g/mol. The van der Waals surface area contributed by atoms with Crippen molar-refractivity contribution in [3.05, 3.63) is 29.6 Å². The van der Waals surface area contributed by atoms with Crippen molar-refractivity contribution < 1.29 is 19.1 Å². The van der Waals surface area contributed by atoms with Crippen molar-refractivity contribution >= 4 is 11.8 Å². The van der Waals surface area contributed by atoms with Crippen molar-refractivity contribution in [3.8, 4) is 12.3 Å². The molecule has 3 rings (SSSR count). The number of amides is 2. The van der Waals surface area contributed by atoms with Crippen molar-refractivity contribution in [1.29, 1.82) is 0 Å². The standard InChI is InChI=1S/C22H29N3O4/c1-5-21(3,4)20(27)24-9-11-28-15-22(14-24)16-29-12-10-25(22)19(26)13-18-7-6-8-23-17(18)2/h1,6-8H,9-16H2,2-4H3. The molecule has 1 unspecified atom stereocenters. The predicted molar refractivity (Wildman–Crippen MR) is 108 cm³/mol. The first-order valence-corrected chi connectivity index (χ1v) is 9.93. The summed E-state index contributed by atoms with van der Waals surface area (Å²) in [6.07, 6.45) is 7.55. The Hall–Kier alpha value is -2.43. The maximum absolute atomic E-state index is 13.3. The van der Waals surface area contributed by atoms with Crippen LogP contribution in [0.4, 0.5) is 0 Å². The fourth-order valence-corrected chi connectivity index (χ4v) is 3.88. The van der Waals surface area contributed by atoms with E-state index in [9.17, 15) is 9.59 Å². The maximum Gasteiger partial charge on any atom is 0.240 e. The minimum absolute atomic E-state index is 0.0153. The zero-order valence-electron chi connectivity index (χ0n) is 17.4. The van der Waals surface area contributed by atoms with E-state index in [0.717, 1.165) is 11.3 Å². The van der Waals surface area contributed by atoms with E-state index in [-0.39, 0.29) is 18.2 Å². The molecule has 0 radical (unpaired) electrons. The molecule has 2 aliphatic heterocycles. The summed E-state index contributed by atoms with van der Waals surface area (Å²) in [6.45, 7) is 8.12. The van der Waals surface area contributed by atoms with E-state index in [2.05, 4.69) is 10.9 Å². The third-order valence-corrected chi connectivity index (χ3v) is 5.71. The molecular formula is C22H29N3O4. The van der Waals surface area contributed by atoms with Crippen molar-refractivity contribution in [3.63, 3.8) is 0 Å². The number of carbonyl (C=O) groups is 2. The Bertz CT molecular complexity index is 817. The molecule has 0 bridgehead atoms. The summed E-state index contributed by atoms with van der Waals surface area (Å²) < 4.78 is 11.6. The summed E-state index contributed by atoms with van der Waals surface area (Å²) in [7, 11) is 0. The number of aryl methyl sites for hydroxylation is 1. The van der Waals surface area contributed by atoms with Crippen molar-refractivity contribution in [1.82, 2.24) is 14.8 Å². The molecule has 2 aliphatic rings. The molecule has 1 aromatic rings. The van der Waals surface area contributed by atoms with Gasteiger partial charge >= 0.3 is 0 Å². The van der Waals surface area contributed by atoms with Gasteiger partial charge in [-0.05, 0) is 32.4 Å². The summed E-state index contributed by atoms with van der Waals surface area (Å²) in [4.78, 5) is 34.1. The molecule has 2 saturated heterocycles. The summed E-state index contributed by atoms with van der Waals surface area (Å²) in [6, 6.07) is 3.75. The fraction of sp³-hybridized carbons (Fsp3) is 0.591. The highest BCUT2D eigenvalue weighted by Gasteiger charge is 2.47. The number of carbonyl (C=O) groups excluding carboxylic acids is 2. The molecule has 1 spiro atoms. The molecule has 2 fully saturated rings. The first-order valence-electron chi connectivity index (χ1n) is 9.93. The molecule has 1 atom stereocenters. The molecule has 3 heterocycles. The Labute approximate surface area is 172 Å². The van der Waals surface area contributed by atoms with Crippen LogP contribution in [0.3, 0.4) is 0 Å². The van der Waals surface area contributed by atoms with Gasteiger partial charge in [0.15, 0.2) is 0 Å². The highest BCUT2D eigenvalue weighted by Crippen LogP contribution is 2.28. The second-order valence-electron chi connectivity index (χ2n) is 8.30. The van der Waals surface area contributed by atoms with E-state index in [4.69, 9.17) is 15.9 Å². The quantitative estimate of drug-likeness (QED) is 0.711. The molecule has 7 nitrogen and oxygen atoms in total. The summed E-state index contributed by atoms with van der Waals surface area (Å²) in [5.74, 6) is 2.42. The van der Waals surface area contributed by atoms with Gasteiger partial charge in [-0.25, -0.2) is 0 Å². The second-order valence-corrected chi connectivity index (χ2v) is 8.30. The van der Waals surface area contributed by atoms with Gasteiger partial charge in [-0.2, -0.15) is 0 Å². The van der Waals surface area contributed by atoms with Gasteiger partial charge in [-0.15, -0.1) is 6.42 Å². The number of nitrogens with zero attached hydrogens (tertiary/aromatic N) is 3. The lowest BCUT2D eigenvalue weighted by molar-refractivity contribution is -0.158. The van der Waals surface area contributed by atoms with Crippen LogP contribution in [0.1, 0.15) is 25.1 Å². The van der Waals surface area contributed by atoms with Crippen LogP contribution < -0.4 is 0 Å². The van der Waals surface area contributed by atoms with Crippen LogP contribution in [0.2, 0.25) is 0 Å². The summed E-state index contributed by atoms with van der Waals surface area (Å²) in [5, 5.41) is 0. The van der Waals surface area contributed by atoms with Crippen LogP contribution in [-0.2, 0) is 25.5 Å². The molecule has 7 heteroatoms. The molecule has 0 aromatic carbocycles. The molecule has 156 valence electrons. The zero-order valence-corrected chi connectivity index (χ0v) is 17.4. The van der Waals surface area contributed by atoms with Crippen LogP contribution in [0, 0.1) is 24.7 Å². The lowest BCUT2D eigenvalue weighted by Gasteiger charge is -2.47. The number of rotatable bonds is 3. The molecule has 0 aliphatic carbocycles. The average Bonchev–Trinajstić information content (AvgIpc) is 2.92. The number of hydrogen-bond acceptors (Lipinski definition) is 5. The van der Waals surface area contributed by atoms with Crippen LogP contribution in [0.5, 0.6) is 0 Å². The Kier molecular flexibility index (Phi) is 6.25. The Morgan fingerprint density at radius 2 is 1.97 bits per heavy atom. The van der Waals surface area contributed by atoms with Crippen LogP contribution in [0.25, 0.3) is 0 Å². The van der Waals surface area contributed by atoms with Gasteiger partial charge < -0.3 is 19.3 Å². The SMILES string of the molecule is C#CC(C)(C)C(=O)N1CCOCC2(COCCN2C(=O)Cc2cccnc2C)C1. The highest BCUT2D eigenvalue weighted by atomic mass is 16.5. The van der Waals surface area contributed by atoms with Crippen LogP contribution in [0.15, 0.2) is 18.3 Å². The predicted octanol–water partition coefficient (Wildman–Crippen LogP) is 1.05. The third-order valence-electron chi connectivity index (χ3n) is 5.71. The smallest absolute Gasteiger partial charge is 0.240 e. The number of pyridine rings is 1. The average molecular weight is 399 g/mol. The van der Waals surface area contributed by atoms with Gasteiger partial charge in [0.1, 0.15) is 11.0 Å². The lowest BCUT2D eigenvalue weighted by atomic mass is 9.90. The minimum atomic E-state index is -0.914. The van der Waals surface area contributed by atoms with Crippen molar-refractivity contribution in [2.75, 3.05) is 46.1 Å². The van der Waals surface area contributed by atoms with E-state index in [1.165, 1.54) is 0 Å². The van der Waals surface area contributed by atoms with Gasteiger partial charge in [-0.1, -0.05) is 12.0 Å². The van der Waals surface area contributed by atoms with E-state index in [0.29, 0.717) is 46.1 Å². The summed E-state index contributed by atoms with van der Waals surface area (Å²) >= 11 is 0. The normalized spacial score (nSPS) is 22.8. The molecule has 2 amide bonds.